The lowest BCUT2D eigenvalue weighted by atomic mass is 9.89. The molecule has 0 saturated carbocycles. The molecule has 0 spiro atoms. The van der Waals surface area contributed by atoms with Crippen molar-refractivity contribution >= 4 is 5.82 Å². The first-order valence-electron chi connectivity index (χ1n) is 7.64. The van der Waals surface area contributed by atoms with Crippen molar-refractivity contribution in [3.05, 3.63) is 47.3 Å². The molecule has 3 rings (SSSR count). The quantitative estimate of drug-likeness (QED) is 0.933. The summed E-state index contributed by atoms with van der Waals surface area (Å²) < 4.78 is 6.12. The predicted molar refractivity (Wildman–Crippen MR) is 83.2 cm³/mol. The van der Waals surface area contributed by atoms with E-state index in [2.05, 4.69) is 41.2 Å². The van der Waals surface area contributed by atoms with Crippen LogP contribution < -0.4 is 10.5 Å². The number of aryl methyl sites for hydroxylation is 2. The van der Waals surface area contributed by atoms with Gasteiger partial charge >= 0.3 is 0 Å². The van der Waals surface area contributed by atoms with Gasteiger partial charge in [0.05, 0.1) is 0 Å². The van der Waals surface area contributed by atoms with Crippen LogP contribution in [0.25, 0.3) is 0 Å². The van der Waals surface area contributed by atoms with E-state index in [1.807, 2.05) is 0 Å². The van der Waals surface area contributed by atoms with E-state index in [0.29, 0.717) is 11.7 Å². The highest BCUT2D eigenvalue weighted by Crippen LogP contribution is 2.33. The zero-order valence-corrected chi connectivity index (χ0v) is 12.4. The van der Waals surface area contributed by atoms with Gasteiger partial charge in [-0.3, -0.25) is 0 Å². The fourth-order valence-electron chi connectivity index (χ4n) is 2.87. The van der Waals surface area contributed by atoms with Gasteiger partial charge in [-0.05, 0) is 36.8 Å². The van der Waals surface area contributed by atoms with Gasteiger partial charge in [0, 0.05) is 12.5 Å². The first-order valence-corrected chi connectivity index (χ1v) is 7.64. The smallest absolute Gasteiger partial charge is 0.219 e. The van der Waals surface area contributed by atoms with E-state index in [0.717, 1.165) is 37.9 Å². The Labute approximate surface area is 125 Å². The van der Waals surface area contributed by atoms with Crippen LogP contribution in [0.15, 0.2) is 30.3 Å². The average Bonchev–Trinajstić information content (AvgIpc) is 2.47. The molecule has 1 heterocycles. The molecule has 4 heteroatoms. The molecule has 0 amide bonds. The molecule has 1 aromatic heterocycles. The number of nitrogens with zero attached hydrogens (tertiary/aromatic N) is 2. The molecule has 21 heavy (non-hydrogen) atoms. The van der Waals surface area contributed by atoms with Crippen molar-refractivity contribution in [2.45, 2.75) is 45.1 Å². The summed E-state index contributed by atoms with van der Waals surface area (Å²) in [6.07, 6.45) is 5.17. The van der Waals surface area contributed by atoms with Crippen LogP contribution in [-0.2, 0) is 12.8 Å². The van der Waals surface area contributed by atoms with E-state index in [-0.39, 0.29) is 6.10 Å². The molecule has 110 valence electrons. The van der Waals surface area contributed by atoms with Crippen LogP contribution >= 0.6 is 0 Å². The molecular formula is C17H21N3O. The summed E-state index contributed by atoms with van der Waals surface area (Å²) in [5.74, 6) is 1.83. The maximum atomic E-state index is 6.12. The van der Waals surface area contributed by atoms with Gasteiger partial charge in [0.1, 0.15) is 17.7 Å². The predicted octanol–water partition coefficient (Wildman–Crippen LogP) is 3.47. The van der Waals surface area contributed by atoms with Gasteiger partial charge in [-0.2, -0.15) is 4.98 Å². The van der Waals surface area contributed by atoms with Crippen molar-refractivity contribution in [2.24, 2.45) is 0 Å². The van der Waals surface area contributed by atoms with Gasteiger partial charge in [0.2, 0.25) is 5.88 Å². The molecule has 1 unspecified atom stereocenters. The molecule has 0 bridgehead atoms. The van der Waals surface area contributed by atoms with Gasteiger partial charge in [-0.1, -0.05) is 31.2 Å². The lowest BCUT2D eigenvalue weighted by molar-refractivity contribution is 0.175. The van der Waals surface area contributed by atoms with E-state index < -0.39 is 0 Å². The fourth-order valence-corrected chi connectivity index (χ4v) is 2.87. The molecule has 2 N–H and O–H groups in total. The van der Waals surface area contributed by atoms with Gasteiger partial charge < -0.3 is 10.5 Å². The summed E-state index contributed by atoms with van der Waals surface area (Å²) in [5.41, 5.74) is 8.51. The molecule has 1 aromatic carbocycles. The van der Waals surface area contributed by atoms with Crippen molar-refractivity contribution in [3.8, 4) is 5.88 Å². The van der Waals surface area contributed by atoms with Crippen molar-refractivity contribution in [1.82, 2.24) is 9.97 Å². The Balaban J connectivity index is 1.84. The number of hydrogen-bond acceptors (Lipinski definition) is 4. The van der Waals surface area contributed by atoms with Gasteiger partial charge in [-0.15, -0.1) is 0 Å². The number of anilines is 1. The monoisotopic (exact) mass is 283 g/mol. The second-order valence-electron chi connectivity index (χ2n) is 5.49. The zero-order chi connectivity index (χ0) is 14.7. The topological polar surface area (TPSA) is 61.0 Å². The number of aromatic nitrogens is 2. The number of benzene rings is 1. The molecule has 0 saturated heterocycles. The first-order chi connectivity index (χ1) is 10.3. The van der Waals surface area contributed by atoms with Crippen LogP contribution in [0.3, 0.4) is 0 Å². The van der Waals surface area contributed by atoms with Gasteiger partial charge in [0.15, 0.2) is 0 Å². The second-order valence-corrected chi connectivity index (χ2v) is 5.49. The molecule has 4 nitrogen and oxygen atoms in total. The Kier molecular flexibility index (Phi) is 4.04. The summed E-state index contributed by atoms with van der Waals surface area (Å²) in [6, 6.07) is 10.2. The molecule has 0 aliphatic heterocycles. The SMILES string of the molecule is CCCc1nc(N)cc(OC2CCCc3ccccc32)n1. The summed E-state index contributed by atoms with van der Waals surface area (Å²) in [5, 5.41) is 0. The van der Waals surface area contributed by atoms with E-state index >= 15 is 0 Å². The highest BCUT2D eigenvalue weighted by atomic mass is 16.5. The summed E-state index contributed by atoms with van der Waals surface area (Å²) in [7, 11) is 0. The Morgan fingerprint density at radius 1 is 1.29 bits per heavy atom. The Morgan fingerprint density at radius 2 is 2.14 bits per heavy atom. The zero-order valence-electron chi connectivity index (χ0n) is 12.4. The number of rotatable bonds is 4. The number of ether oxygens (including phenoxy) is 1. The van der Waals surface area contributed by atoms with E-state index in [4.69, 9.17) is 10.5 Å². The molecule has 0 fully saturated rings. The third-order valence-corrected chi connectivity index (χ3v) is 3.82. The summed E-state index contributed by atoms with van der Waals surface area (Å²) in [4.78, 5) is 8.72. The number of fused-ring (bicyclic) bond motifs is 1. The lowest BCUT2D eigenvalue weighted by Crippen LogP contribution is -2.16. The standard InChI is InChI=1S/C17H21N3O/c1-2-6-16-19-15(18)11-17(20-16)21-14-10-5-8-12-7-3-4-9-13(12)14/h3-4,7,9,11,14H,2,5-6,8,10H2,1H3,(H2,18,19,20). The average molecular weight is 283 g/mol. The van der Waals surface area contributed by atoms with Gasteiger partial charge in [-0.25, -0.2) is 4.98 Å². The Hall–Kier alpha value is -2.10. The maximum Gasteiger partial charge on any atom is 0.219 e. The van der Waals surface area contributed by atoms with E-state index in [9.17, 15) is 0 Å². The Morgan fingerprint density at radius 3 is 3.00 bits per heavy atom. The van der Waals surface area contributed by atoms with Crippen LogP contribution in [0, 0.1) is 0 Å². The minimum Gasteiger partial charge on any atom is -0.469 e. The van der Waals surface area contributed by atoms with Gasteiger partial charge in [0.25, 0.3) is 0 Å². The first kappa shape index (κ1) is 13.9. The van der Waals surface area contributed by atoms with Crippen LogP contribution in [0.1, 0.15) is 49.2 Å². The number of nitrogens with two attached hydrogens (primary N) is 1. The number of hydrogen-bond donors (Lipinski definition) is 1. The van der Waals surface area contributed by atoms with Crippen molar-refractivity contribution in [3.63, 3.8) is 0 Å². The maximum absolute atomic E-state index is 6.12. The summed E-state index contributed by atoms with van der Waals surface area (Å²) >= 11 is 0. The van der Waals surface area contributed by atoms with E-state index in [1.165, 1.54) is 11.1 Å². The second kappa shape index (κ2) is 6.12. The van der Waals surface area contributed by atoms with Crippen molar-refractivity contribution < 1.29 is 4.74 Å². The van der Waals surface area contributed by atoms with Crippen molar-refractivity contribution in [2.75, 3.05) is 5.73 Å². The molecule has 2 aromatic rings. The normalized spacial score (nSPS) is 17.3. The van der Waals surface area contributed by atoms with Crippen LogP contribution in [0.5, 0.6) is 5.88 Å². The molecule has 1 aliphatic carbocycles. The third kappa shape index (κ3) is 3.15. The minimum atomic E-state index is 0.0683. The third-order valence-electron chi connectivity index (χ3n) is 3.82. The largest absolute Gasteiger partial charge is 0.469 e. The van der Waals surface area contributed by atoms with E-state index in [1.54, 1.807) is 6.07 Å². The highest BCUT2D eigenvalue weighted by molar-refractivity contribution is 5.35. The minimum absolute atomic E-state index is 0.0683. The highest BCUT2D eigenvalue weighted by Gasteiger charge is 2.22. The fraction of sp³-hybridized carbons (Fsp3) is 0.412. The van der Waals surface area contributed by atoms with Crippen LogP contribution in [0.2, 0.25) is 0 Å². The number of nitrogen functional groups attached to an aromatic ring is 1. The molecule has 1 atom stereocenters. The van der Waals surface area contributed by atoms with Crippen LogP contribution in [0.4, 0.5) is 5.82 Å². The lowest BCUT2D eigenvalue weighted by Gasteiger charge is -2.25. The van der Waals surface area contributed by atoms with Crippen LogP contribution in [-0.4, -0.2) is 9.97 Å². The molecule has 0 radical (unpaired) electrons. The Bertz CT molecular complexity index is 627. The molecular weight excluding hydrogens is 262 g/mol. The molecule has 1 aliphatic rings. The van der Waals surface area contributed by atoms with Crippen molar-refractivity contribution in [1.29, 1.82) is 0 Å². The summed E-state index contributed by atoms with van der Waals surface area (Å²) in [6.45, 7) is 2.10.